The number of carbonyl (C=O) groups is 3. The van der Waals surface area contributed by atoms with Gasteiger partial charge in [0.25, 0.3) is 5.91 Å². The van der Waals surface area contributed by atoms with Crippen LogP contribution < -0.4 is 0 Å². The highest BCUT2D eigenvalue weighted by Crippen LogP contribution is 2.32. The van der Waals surface area contributed by atoms with E-state index in [0.29, 0.717) is 44.8 Å². The quantitative estimate of drug-likeness (QED) is 0.791. The highest BCUT2D eigenvalue weighted by molar-refractivity contribution is 5.95. The maximum Gasteiger partial charge on any atom is 0.410 e. The molecule has 4 rings (SSSR count). The van der Waals surface area contributed by atoms with E-state index >= 15 is 0 Å². The molecule has 2 aliphatic heterocycles. The van der Waals surface area contributed by atoms with Gasteiger partial charge in [0.15, 0.2) is 0 Å². The Bertz CT molecular complexity index is 833. The summed E-state index contributed by atoms with van der Waals surface area (Å²) in [4.78, 5) is 43.4. The summed E-state index contributed by atoms with van der Waals surface area (Å²) in [5.41, 5.74) is 0.815. The highest BCUT2D eigenvalue weighted by Gasteiger charge is 2.36. The number of piperazine rings is 1. The molecule has 3 fully saturated rings. The van der Waals surface area contributed by atoms with E-state index in [0.717, 1.165) is 31.4 Å². The molecule has 2 saturated heterocycles. The van der Waals surface area contributed by atoms with Crippen LogP contribution >= 0.6 is 0 Å². The Morgan fingerprint density at radius 2 is 1.68 bits per heavy atom. The Morgan fingerprint density at radius 1 is 1.00 bits per heavy atom. The number of hydrogen-bond acceptors (Lipinski definition) is 5. The molecule has 0 unspecified atom stereocenters. The molecule has 1 aromatic rings. The van der Waals surface area contributed by atoms with Gasteiger partial charge in [0.05, 0.1) is 17.5 Å². The van der Waals surface area contributed by atoms with Gasteiger partial charge in [-0.1, -0.05) is 0 Å². The molecule has 3 amide bonds. The fraction of sp³-hybridized carbons (Fsp3) is 0.727. The summed E-state index contributed by atoms with van der Waals surface area (Å²) in [6.07, 6.45) is 4.99. The van der Waals surface area contributed by atoms with Crippen LogP contribution in [0.4, 0.5) is 4.79 Å². The number of H-pyrrole nitrogens is 1. The number of aromatic nitrogens is 2. The molecule has 170 valence electrons. The first kappa shape index (κ1) is 21.6. The van der Waals surface area contributed by atoms with Crippen LogP contribution in [0.25, 0.3) is 0 Å². The minimum Gasteiger partial charge on any atom is -0.444 e. The van der Waals surface area contributed by atoms with Crippen molar-refractivity contribution < 1.29 is 19.1 Å². The molecule has 0 bridgehead atoms. The van der Waals surface area contributed by atoms with Crippen LogP contribution in [0.5, 0.6) is 0 Å². The second-order valence-corrected chi connectivity index (χ2v) is 9.85. The van der Waals surface area contributed by atoms with E-state index in [4.69, 9.17) is 4.74 Å². The summed E-state index contributed by atoms with van der Waals surface area (Å²) in [6, 6.07) is 0. The van der Waals surface area contributed by atoms with Gasteiger partial charge in [0.2, 0.25) is 5.91 Å². The Labute approximate surface area is 183 Å². The molecule has 9 nitrogen and oxygen atoms in total. The molecular formula is C22H33N5O4. The fourth-order valence-electron chi connectivity index (χ4n) is 4.37. The molecule has 1 N–H and O–H groups in total. The third kappa shape index (κ3) is 5.02. The number of likely N-dealkylation sites (tertiary alicyclic amines) is 1. The number of piperidine rings is 1. The predicted molar refractivity (Wildman–Crippen MR) is 114 cm³/mol. The number of rotatable bonds is 3. The molecule has 3 heterocycles. The van der Waals surface area contributed by atoms with Crippen molar-refractivity contribution in [1.29, 1.82) is 0 Å². The van der Waals surface area contributed by atoms with E-state index in [1.165, 1.54) is 0 Å². The van der Waals surface area contributed by atoms with Crippen molar-refractivity contribution in [3.63, 3.8) is 0 Å². The lowest BCUT2D eigenvalue weighted by Crippen LogP contribution is -2.51. The standard InChI is InChI=1S/C22H33N5O4/c1-22(2,3)31-21(30)27-8-4-5-16(14-27)18-17(13-23-24-18)20(29)26-11-9-25(10-12-26)19(28)15-6-7-15/h13,15-16H,4-12,14H2,1-3H3,(H,23,24)/t16-/m1/s1. The van der Waals surface area contributed by atoms with E-state index in [1.54, 1.807) is 16.0 Å². The summed E-state index contributed by atoms with van der Waals surface area (Å²) in [6.45, 7) is 8.98. The summed E-state index contributed by atoms with van der Waals surface area (Å²) in [5, 5.41) is 7.16. The van der Waals surface area contributed by atoms with Crippen molar-refractivity contribution in [2.24, 2.45) is 5.92 Å². The van der Waals surface area contributed by atoms with Gasteiger partial charge >= 0.3 is 6.09 Å². The largest absolute Gasteiger partial charge is 0.444 e. The monoisotopic (exact) mass is 431 g/mol. The van der Waals surface area contributed by atoms with Gasteiger partial charge in [-0.3, -0.25) is 14.7 Å². The lowest BCUT2D eigenvalue weighted by Gasteiger charge is -2.36. The van der Waals surface area contributed by atoms with Gasteiger partial charge in [-0.05, 0) is 46.5 Å². The fourth-order valence-corrected chi connectivity index (χ4v) is 4.37. The number of ether oxygens (including phenoxy) is 1. The summed E-state index contributed by atoms with van der Waals surface area (Å²) in [5.74, 6) is 0.402. The number of aromatic amines is 1. The van der Waals surface area contributed by atoms with Gasteiger partial charge in [-0.15, -0.1) is 0 Å². The number of carbonyl (C=O) groups excluding carboxylic acids is 3. The van der Waals surface area contributed by atoms with E-state index in [9.17, 15) is 14.4 Å². The maximum absolute atomic E-state index is 13.2. The molecule has 1 aliphatic carbocycles. The first-order valence-electron chi connectivity index (χ1n) is 11.3. The summed E-state index contributed by atoms with van der Waals surface area (Å²) >= 11 is 0. The van der Waals surface area contributed by atoms with E-state index in [1.807, 2.05) is 25.7 Å². The lowest BCUT2D eigenvalue weighted by molar-refractivity contribution is -0.134. The van der Waals surface area contributed by atoms with Crippen molar-refractivity contribution in [3.8, 4) is 0 Å². The average molecular weight is 432 g/mol. The first-order chi connectivity index (χ1) is 14.7. The van der Waals surface area contributed by atoms with Crippen molar-refractivity contribution >= 4 is 17.9 Å². The molecule has 1 aromatic heterocycles. The summed E-state index contributed by atoms with van der Waals surface area (Å²) < 4.78 is 5.52. The zero-order valence-corrected chi connectivity index (χ0v) is 18.7. The molecule has 31 heavy (non-hydrogen) atoms. The van der Waals surface area contributed by atoms with Crippen molar-refractivity contribution in [3.05, 3.63) is 17.5 Å². The van der Waals surface area contributed by atoms with Crippen LogP contribution in [0.1, 0.15) is 68.4 Å². The van der Waals surface area contributed by atoms with Crippen LogP contribution in [0.3, 0.4) is 0 Å². The third-order valence-electron chi connectivity index (χ3n) is 6.19. The Balaban J connectivity index is 1.38. The molecule has 0 spiro atoms. The molecular weight excluding hydrogens is 398 g/mol. The SMILES string of the molecule is CC(C)(C)OC(=O)N1CCC[C@@H](c2[nH]ncc2C(=O)N2CCN(C(=O)C3CC3)CC2)C1. The number of hydrogen-bond donors (Lipinski definition) is 1. The smallest absolute Gasteiger partial charge is 0.410 e. The second kappa shape index (κ2) is 8.51. The minimum absolute atomic E-state index is 0.0143. The normalized spacial score (nSPS) is 22.4. The number of nitrogens with zero attached hydrogens (tertiary/aromatic N) is 4. The van der Waals surface area contributed by atoms with Gasteiger partial charge in [0, 0.05) is 51.1 Å². The van der Waals surface area contributed by atoms with Gasteiger partial charge < -0.3 is 19.4 Å². The van der Waals surface area contributed by atoms with Gasteiger partial charge in [-0.2, -0.15) is 5.10 Å². The van der Waals surface area contributed by atoms with Crippen molar-refractivity contribution in [2.45, 2.75) is 58.0 Å². The first-order valence-corrected chi connectivity index (χ1v) is 11.3. The Kier molecular flexibility index (Phi) is 5.94. The third-order valence-corrected chi connectivity index (χ3v) is 6.19. The van der Waals surface area contributed by atoms with Crippen LogP contribution in [0, 0.1) is 5.92 Å². The van der Waals surface area contributed by atoms with Crippen LogP contribution in [0.2, 0.25) is 0 Å². The highest BCUT2D eigenvalue weighted by atomic mass is 16.6. The minimum atomic E-state index is -0.540. The molecule has 0 aromatic carbocycles. The Morgan fingerprint density at radius 3 is 2.32 bits per heavy atom. The average Bonchev–Trinajstić information content (AvgIpc) is 3.48. The zero-order chi connectivity index (χ0) is 22.2. The van der Waals surface area contributed by atoms with Crippen LogP contribution in [0.15, 0.2) is 6.20 Å². The van der Waals surface area contributed by atoms with E-state index in [-0.39, 0.29) is 29.7 Å². The van der Waals surface area contributed by atoms with E-state index < -0.39 is 5.60 Å². The predicted octanol–water partition coefficient (Wildman–Crippen LogP) is 2.22. The van der Waals surface area contributed by atoms with Gasteiger partial charge in [0.1, 0.15) is 5.60 Å². The van der Waals surface area contributed by atoms with Crippen molar-refractivity contribution in [2.75, 3.05) is 39.3 Å². The Hall–Kier alpha value is -2.58. The maximum atomic E-state index is 13.2. The topological polar surface area (TPSA) is 98.8 Å². The lowest BCUT2D eigenvalue weighted by atomic mass is 9.92. The number of amides is 3. The molecule has 0 radical (unpaired) electrons. The van der Waals surface area contributed by atoms with Gasteiger partial charge in [-0.25, -0.2) is 4.79 Å². The number of nitrogens with one attached hydrogen (secondary N) is 1. The zero-order valence-electron chi connectivity index (χ0n) is 18.7. The van der Waals surface area contributed by atoms with E-state index in [2.05, 4.69) is 10.2 Å². The molecule has 1 saturated carbocycles. The van der Waals surface area contributed by atoms with Crippen LogP contribution in [-0.4, -0.2) is 87.7 Å². The second-order valence-electron chi connectivity index (χ2n) is 9.85. The molecule has 9 heteroatoms. The van der Waals surface area contributed by atoms with Crippen LogP contribution in [-0.2, 0) is 9.53 Å². The molecule has 1 atom stereocenters. The van der Waals surface area contributed by atoms with Crippen molar-refractivity contribution in [1.82, 2.24) is 24.9 Å². The molecule has 3 aliphatic rings. The summed E-state index contributed by atoms with van der Waals surface area (Å²) in [7, 11) is 0.